The smallest absolute Gasteiger partial charge is 0.253 e. The molecule has 0 spiro atoms. The fourth-order valence-electron chi connectivity index (χ4n) is 3.89. The molecule has 1 atom stereocenters. The van der Waals surface area contributed by atoms with E-state index >= 15 is 0 Å². The van der Waals surface area contributed by atoms with Gasteiger partial charge < -0.3 is 10.2 Å². The number of hydrogen-bond acceptors (Lipinski definition) is 5. The SMILES string of the molecule is CCc1ccc(C(=O)N2CCN(C(C)C(=O)Nc3ccc(S(=O)(=O)NC(C)C)cc3)CC2)cc1. The molecule has 0 saturated carbocycles. The van der Waals surface area contributed by atoms with E-state index in [2.05, 4.69) is 17.0 Å². The van der Waals surface area contributed by atoms with E-state index in [4.69, 9.17) is 0 Å². The molecule has 8 nitrogen and oxygen atoms in total. The van der Waals surface area contributed by atoms with E-state index in [9.17, 15) is 18.0 Å². The van der Waals surface area contributed by atoms with Gasteiger partial charge in [0, 0.05) is 43.5 Å². The Balaban J connectivity index is 1.53. The molecule has 0 radical (unpaired) electrons. The first kappa shape index (κ1) is 25.9. The highest BCUT2D eigenvalue weighted by molar-refractivity contribution is 7.89. The number of sulfonamides is 1. The van der Waals surface area contributed by atoms with E-state index in [0.717, 1.165) is 6.42 Å². The van der Waals surface area contributed by atoms with Crippen LogP contribution < -0.4 is 10.0 Å². The van der Waals surface area contributed by atoms with Gasteiger partial charge in [-0.15, -0.1) is 0 Å². The molecule has 0 aliphatic carbocycles. The van der Waals surface area contributed by atoms with Gasteiger partial charge in [-0.05, 0) is 69.2 Å². The van der Waals surface area contributed by atoms with Crippen molar-refractivity contribution in [2.75, 3.05) is 31.5 Å². The molecule has 184 valence electrons. The van der Waals surface area contributed by atoms with Crippen LogP contribution in [0, 0.1) is 0 Å². The summed E-state index contributed by atoms with van der Waals surface area (Å²) in [5.41, 5.74) is 2.42. The van der Waals surface area contributed by atoms with Crippen LogP contribution in [0.4, 0.5) is 5.69 Å². The highest BCUT2D eigenvalue weighted by Gasteiger charge is 2.28. The zero-order chi connectivity index (χ0) is 24.9. The average Bonchev–Trinajstić information content (AvgIpc) is 2.83. The van der Waals surface area contributed by atoms with Crippen molar-refractivity contribution < 1.29 is 18.0 Å². The fraction of sp³-hybridized carbons (Fsp3) is 0.440. The summed E-state index contributed by atoms with van der Waals surface area (Å²) < 4.78 is 27.0. The molecule has 1 fully saturated rings. The van der Waals surface area contributed by atoms with Gasteiger partial charge in [-0.2, -0.15) is 0 Å². The summed E-state index contributed by atoms with van der Waals surface area (Å²) in [6.07, 6.45) is 0.936. The van der Waals surface area contributed by atoms with Crippen molar-refractivity contribution in [2.45, 2.75) is 51.1 Å². The lowest BCUT2D eigenvalue weighted by atomic mass is 10.1. The lowest BCUT2D eigenvalue weighted by Crippen LogP contribution is -2.54. The van der Waals surface area contributed by atoms with Crippen molar-refractivity contribution in [1.82, 2.24) is 14.5 Å². The van der Waals surface area contributed by atoms with Gasteiger partial charge in [0.1, 0.15) is 0 Å². The highest BCUT2D eigenvalue weighted by atomic mass is 32.2. The first-order valence-electron chi connectivity index (χ1n) is 11.7. The second kappa shape index (κ2) is 11.1. The number of nitrogens with zero attached hydrogens (tertiary/aromatic N) is 2. The molecule has 2 N–H and O–H groups in total. The topological polar surface area (TPSA) is 98.8 Å². The molecule has 0 bridgehead atoms. The maximum Gasteiger partial charge on any atom is 0.253 e. The van der Waals surface area contributed by atoms with Crippen LogP contribution in [0.5, 0.6) is 0 Å². The van der Waals surface area contributed by atoms with Crippen LogP contribution in [0.1, 0.15) is 43.6 Å². The second-order valence-electron chi connectivity index (χ2n) is 8.84. The lowest BCUT2D eigenvalue weighted by Gasteiger charge is -2.37. The molecule has 3 rings (SSSR count). The first-order valence-corrected chi connectivity index (χ1v) is 13.1. The van der Waals surface area contributed by atoms with Crippen molar-refractivity contribution in [2.24, 2.45) is 0 Å². The van der Waals surface area contributed by atoms with Crippen LogP contribution in [-0.4, -0.2) is 68.3 Å². The Bertz CT molecular complexity index is 1090. The number of benzene rings is 2. The van der Waals surface area contributed by atoms with Gasteiger partial charge in [-0.3, -0.25) is 14.5 Å². The van der Waals surface area contributed by atoms with Gasteiger partial charge in [0.25, 0.3) is 5.91 Å². The van der Waals surface area contributed by atoms with Crippen LogP contribution >= 0.6 is 0 Å². The zero-order valence-corrected chi connectivity index (χ0v) is 21.1. The molecule has 1 heterocycles. The summed E-state index contributed by atoms with van der Waals surface area (Å²) in [4.78, 5) is 29.6. The monoisotopic (exact) mass is 486 g/mol. The number of nitrogens with one attached hydrogen (secondary N) is 2. The molecule has 2 aromatic rings. The third-order valence-corrected chi connectivity index (χ3v) is 7.64. The van der Waals surface area contributed by atoms with E-state index in [-0.39, 0.29) is 28.8 Å². The predicted octanol–water partition coefficient (Wildman–Crippen LogP) is 2.72. The van der Waals surface area contributed by atoms with E-state index < -0.39 is 10.0 Å². The van der Waals surface area contributed by atoms with Gasteiger partial charge in [-0.1, -0.05) is 19.1 Å². The van der Waals surface area contributed by atoms with E-state index in [0.29, 0.717) is 37.4 Å². The second-order valence-corrected chi connectivity index (χ2v) is 10.6. The number of aryl methyl sites for hydroxylation is 1. The van der Waals surface area contributed by atoms with Crippen molar-refractivity contribution in [3.63, 3.8) is 0 Å². The van der Waals surface area contributed by atoms with Gasteiger partial charge in [-0.25, -0.2) is 13.1 Å². The van der Waals surface area contributed by atoms with Gasteiger partial charge in [0.15, 0.2) is 0 Å². The molecule has 1 unspecified atom stereocenters. The van der Waals surface area contributed by atoms with Gasteiger partial charge in [0.05, 0.1) is 10.9 Å². The number of carbonyl (C=O) groups is 2. The summed E-state index contributed by atoms with van der Waals surface area (Å²) in [6.45, 7) is 9.75. The third-order valence-electron chi connectivity index (χ3n) is 5.96. The van der Waals surface area contributed by atoms with Gasteiger partial charge in [0.2, 0.25) is 15.9 Å². The van der Waals surface area contributed by atoms with Gasteiger partial charge >= 0.3 is 0 Å². The molecule has 1 saturated heterocycles. The first-order chi connectivity index (χ1) is 16.1. The normalized spacial score (nSPS) is 15.9. The Hall–Kier alpha value is -2.75. The van der Waals surface area contributed by atoms with Crippen LogP contribution in [0.3, 0.4) is 0 Å². The quantitative estimate of drug-likeness (QED) is 0.598. The average molecular weight is 487 g/mol. The maximum absolute atomic E-state index is 12.8. The minimum Gasteiger partial charge on any atom is -0.336 e. The maximum atomic E-state index is 12.8. The number of carbonyl (C=O) groups excluding carboxylic acids is 2. The van der Waals surface area contributed by atoms with Crippen molar-refractivity contribution in [3.8, 4) is 0 Å². The Morgan fingerprint density at radius 1 is 0.912 bits per heavy atom. The minimum atomic E-state index is -3.58. The molecule has 9 heteroatoms. The molecule has 1 aliphatic rings. The van der Waals surface area contributed by atoms with Crippen LogP contribution in [0.15, 0.2) is 53.4 Å². The Labute approximate surface area is 202 Å². The zero-order valence-electron chi connectivity index (χ0n) is 20.2. The highest BCUT2D eigenvalue weighted by Crippen LogP contribution is 2.17. The molecular formula is C25H34N4O4S. The summed E-state index contributed by atoms with van der Waals surface area (Å²) in [6, 6.07) is 13.2. The van der Waals surface area contributed by atoms with E-state index in [1.807, 2.05) is 41.0 Å². The van der Waals surface area contributed by atoms with Crippen LogP contribution in [-0.2, 0) is 21.2 Å². The molecule has 2 aromatic carbocycles. The van der Waals surface area contributed by atoms with Crippen molar-refractivity contribution in [3.05, 3.63) is 59.7 Å². The Morgan fingerprint density at radius 3 is 2.03 bits per heavy atom. The number of piperazine rings is 1. The Morgan fingerprint density at radius 2 is 1.50 bits per heavy atom. The molecule has 34 heavy (non-hydrogen) atoms. The third kappa shape index (κ3) is 6.43. The van der Waals surface area contributed by atoms with Crippen LogP contribution in [0.2, 0.25) is 0 Å². The predicted molar refractivity (Wildman–Crippen MR) is 133 cm³/mol. The van der Waals surface area contributed by atoms with Crippen molar-refractivity contribution in [1.29, 1.82) is 0 Å². The summed E-state index contributed by atoms with van der Waals surface area (Å²) in [5.74, 6) is -0.160. The number of hydrogen-bond donors (Lipinski definition) is 2. The summed E-state index contributed by atoms with van der Waals surface area (Å²) >= 11 is 0. The Kier molecular flexibility index (Phi) is 8.46. The standard InChI is InChI=1S/C25H34N4O4S/c1-5-20-6-8-21(9-7-20)25(31)29-16-14-28(15-17-29)19(4)24(30)26-22-10-12-23(13-11-22)34(32,33)27-18(2)3/h6-13,18-19,27H,5,14-17H2,1-4H3,(H,26,30). The minimum absolute atomic E-state index is 0.0152. The largest absolute Gasteiger partial charge is 0.336 e. The van der Waals surface area contributed by atoms with E-state index in [1.165, 1.54) is 17.7 Å². The fourth-order valence-corrected chi connectivity index (χ4v) is 5.14. The number of amides is 2. The van der Waals surface area contributed by atoms with Crippen molar-refractivity contribution >= 4 is 27.5 Å². The molecule has 0 aromatic heterocycles. The molecule has 2 amide bonds. The summed E-state index contributed by atoms with van der Waals surface area (Å²) in [5, 5.41) is 2.85. The molecule has 1 aliphatic heterocycles. The summed E-state index contributed by atoms with van der Waals surface area (Å²) in [7, 11) is -3.58. The number of anilines is 1. The number of rotatable bonds is 8. The van der Waals surface area contributed by atoms with E-state index in [1.54, 1.807) is 26.0 Å². The van der Waals surface area contributed by atoms with Crippen LogP contribution in [0.25, 0.3) is 0 Å². The lowest BCUT2D eigenvalue weighted by molar-refractivity contribution is -0.121. The molecular weight excluding hydrogens is 452 g/mol.